The highest BCUT2D eigenvalue weighted by Crippen LogP contribution is 2.31. The maximum Gasteiger partial charge on any atom is 0.291 e. The Labute approximate surface area is 74.6 Å². The average Bonchev–Trinajstić information content (AvgIpc) is 2.59. The number of aromatic nitrogens is 1. The molecule has 0 atom stereocenters. The molecule has 0 bridgehead atoms. The van der Waals surface area contributed by atoms with E-state index in [1.54, 1.807) is 11.3 Å². The molecule has 0 saturated heterocycles. The van der Waals surface area contributed by atoms with Gasteiger partial charge >= 0.3 is 0 Å². The summed E-state index contributed by atoms with van der Waals surface area (Å²) in [5.74, 6) is -0.704. The standard InChI is InChI=1S/C8H9NO2S/c1-6-9-7(5-12-6)8(2)10-3-4-11-8/h3-5H,1-2H3. The van der Waals surface area contributed by atoms with E-state index in [2.05, 4.69) is 4.98 Å². The second-order valence-electron chi connectivity index (χ2n) is 2.71. The molecular weight excluding hydrogens is 174 g/mol. The molecule has 2 rings (SSSR count). The van der Waals surface area contributed by atoms with Gasteiger partial charge in [0.1, 0.15) is 18.2 Å². The van der Waals surface area contributed by atoms with Crippen molar-refractivity contribution in [3.05, 3.63) is 28.6 Å². The molecule has 2 heterocycles. The maximum atomic E-state index is 5.28. The van der Waals surface area contributed by atoms with Crippen molar-refractivity contribution in [2.45, 2.75) is 19.6 Å². The van der Waals surface area contributed by atoms with Gasteiger partial charge in [-0.25, -0.2) is 4.98 Å². The summed E-state index contributed by atoms with van der Waals surface area (Å²) in [4.78, 5) is 4.29. The third kappa shape index (κ3) is 1.08. The second kappa shape index (κ2) is 2.48. The van der Waals surface area contributed by atoms with Gasteiger partial charge < -0.3 is 9.47 Å². The lowest BCUT2D eigenvalue weighted by molar-refractivity contribution is -0.136. The fourth-order valence-corrected chi connectivity index (χ4v) is 1.74. The summed E-state index contributed by atoms with van der Waals surface area (Å²) in [6, 6.07) is 0. The minimum absolute atomic E-state index is 0.704. The number of rotatable bonds is 1. The molecule has 0 fully saturated rings. The quantitative estimate of drug-likeness (QED) is 0.668. The lowest BCUT2D eigenvalue weighted by Gasteiger charge is -2.20. The van der Waals surface area contributed by atoms with E-state index in [1.165, 1.54) is 12.5 Å². The van der Waals surface area contributed by atoms with Crippen LogP contribution in [-0.4, -0.2) is 4.98 Å². The summed E-state index contributed by atoms with van der Waals surface area (Å²) in [5.41, 5.74) is 0.829. The van der Waals surface area contributed by atoms with Gasteiger partial charge in [0.15, 0.2) is 0 Å². The molecule has 3 nitrogen and oxygen atoms in total. The zero-order valence-corrected chi connectivity index (χ0v) is 7.72. The van der Waals surface area contributed by atoms with E-state index < -0.39 is 5.79 Å². The molecule has 4 heteroatoms. The highest BCUT2D eigenvalue weighted by atomic mass is 32.1. The number of nitrogens with zero attached hydrogens (tertiary/aromatic N) is 1. The van der Waals surface area contributed by atoms with Gasteiger partial charge in [0.05, 0.1) is 5.01 Å². The van der Waals surface area contributed by atoms with Crippen LogP contribution in [0, 0.1) is 6.92 Å². The van der Waals surface area contributed by atoms with Gasteiger partial charge in [-0.2, -0.15) is 0 Å². The molecular formula is C8H9NO2S. The molecule has 0 aromatic carbocycles. The lowest BCUT2D eigenvalue weighted by Crippen LogP contribution is -2.22. The number of hydrogen-bond donors (Lipinski definition) is 0. The van der Waals surface area contributed by atoms with Crippen molar-refractivity contribution in [2.75, 3.05) is 0 Å². The van der Waals surface area contributed by atoms with Crippen LogP contribution in [0.1, 0.15) is 17.6 Å². The first-order valence-electron chi connectivity index (χ1n) is 3.64. The van der Waals surface area contributed by atoms with Crippen molar-refractivity contribution in [1.29, 1.82) is 0 Å². The van der Waals surface area contributed by atoms with E-state index in [-0.39, 0.29) is 0 Å². The van der Waals surface area contributed by atoms with Crippen LogP contribution in [0.2, 0.25) is 0 Å². The van der Waals surface area contributed by atoms with Crippen molar-refractivity contribution in [1.82, 2.24) is 4.98 Å². The van der Waals surface area contributed by atoms with Crippen LogP contribution >= 0.6 is 11.3 Å². The molecule has 1 aromatic rings. The summed E-state index contributed by atoms with van der Waals surface area (Å²) in [5, 5.41) is 2.97. The van der Waals surface area contributed by atoms with Crippen LogP contribution < -0.4 is 0 Å². The Hall–Kier alpha value is -1.03. The molecule has 12 heavy (non-hydrogen) atoms. The Morgan fingerprint density at radius 3 is 2.58 bits per heavy atom. The highest BCUT2D eigenvalue weighted by molar-refractivity contribution is 7.09. The molecule has 0 radical (unpaired) electrons. The number of ether oxygens (including phenoxy) is 2. The Bertz CT molecular complexity index is 311. The number of hydrogen-bond acceptors (Lipinski definition) is 4. The van der Waals surface area contributed by atoms with Crippen LogP contribution in [0.15, 0.2) is 17.9 Å². The van der Waals surface area contributed by atoms with Gasteiger partial charge in [0, 0.05) is 12.3 Å². The van der Waals surface area contributed by atoms with E-state index in [0.29, 0.717) is 0 Å². The fourth-order valence-electron chi connectivity index (χ4n) is 1.04. The van der Waals surface area contributed by atoms with Crippen molar-refractivity contribution in [3.63, 3.8) is 0 Å². The molecule has 0 aliphatic carbocycles. The minimum Gasteiger partial charge on any atom is -0.452 e. The summed E-state index contributed by atoms with van der Waals surface area (Å²) in [6.45, 7) is 3.81. The third-order valence-electron chi connectivity index (χ3n) is 1.73. The van der Waals surface area contributed by atoms with E-state index in [4.69, 9.17) is 9.47 Å². The Balaban J connectivity index is 2.30. The molecule has 0 spiro atoms. The summed E-state index contributed by atoms with van der Waals surface area (Å²) in [6.07, 6.45) is 3.07. The molecule has 1 aromatic heterocycles. The average molecular weight is 183 g/mol. The van der Waals surface area contributed by atoms with Gasteiger partial charge in [-0.3, -0.25) is 0 Å². The smallest absolute Gasteiger partial charge is 0.291 e. The summed E-state index contributed by atoms with van der Waals surface area (Å²) >= 11 is 1.59. The first kappa shape index (κ1) is 7.61. The van der Waals surface area contributed by atoms with Crippen LogP contribution in [0.25, 0.3) is 0 Å². The molecule has 0 unspecified atom stereocenters. The van der Waals surface area contributed by atoms with Crippen LogP contribution in [0.3, 0.4) is 0 Å². The van der Waals surface area contributed by atoms with Crippen LogP contribution in [0.5, 0.6) is 0 Å². The zero-order chi connectivity index (χ0) is 8.60. The highest BCUT2D eigenvalue weighted by Gasteiger charge is 2.34. The van der Waals surface area contributed by atoms with Crippen LogP contribution in [-0.2, 0) is 15.3 Å². The SMILES string of the molecule is Cc1nc(C2(C)OC=CO2)cs1. The molecule has 0 amide bonds. The molecule has 1 aliphatic rings. The van der Waals surface area contributed by atoms with Crippen molar-refractivity contribution in [3.8, 4) is 0 Å². The molecule has 1 aliphatic heterocycles. The van der Waals surface area contributed by atoms with Gasteiger partial charge in [-0.05, 0) is 6.92 Å². The van der Waals surface area contributed by atoms with Crippen molar-refractivity contribution >= 4 is 11.3 Å². The summed E-state index contributed by atoms with van der Waals surface area (Å²) in [7, 11) is 0. The number of thiazole rings is 1. The predicted octanol–water partition coefficient (Wildman–Crippen LogP) is 2.14. The van der Waals surface area contributed by atoms with E-state index in [1.807, 2.05) is 19.2 Å². The van der Waals surface area contributed by atoms with Crippen molar-refractivity contribution in [2.24, 2.45) is 0 Å². The van der Waals surface area contributed by atoms with Gasteiger partial charge in [-0.1, -0.05) is 0 Å². The van der Waals surface area contributed by atoms with E-state index >= 15 is 0 Å². The Kier molecular flexibility index (Phi) is 1.58. The Morgan fingerprint density at radius 1 is 1.42 bits per heavy atom. The van der Waals surface area contributed by atoms with Gasteiger partial charge in [0.2, 0.25) is 0 Å². The first-order valence-corrected chi connectivity index (χ1v) is 4.52. The fraction of sp³-hybridized carbons (Fsp3) is 0.375. The summed E-state index contributed by atoms with van der Waals surface area (Å²) < 4.78 is 10.6. The van der Waals surface area contributed by atoms with Crippen LogP contribution in [0.4, 0.5) is 0 Å². The van der Waals surface area contributed by atoms with Gasteiger partial charge in [0.25, 0.3) is 5.79 Å². The monoisotopic (exact) mass is 183 g/mol. The zero-order valence-electron chi connectivity index (χ0n) is 6.90. The molecule has 64 valence electrons. The normalized spacial score (nSPS) is 18.8. The Morgan fingerprint density at radius 2 is 2.08 bits per heavy atom. The van der Waals surface area contributed by atoms with E-state index in [0.717, 1.165) is 10.7 Å². The first-order chi connectivity index (χ1) is 5.71. The second-order valence-corrected chi connectivity index (χ2v) is 3.77. The largest absolute Gasteiger partial charge is 0.452 e. The van der Waals surface area contributed by atoms with Gasteiger partial charge in [-0.15, -0.1) is 11.3 Å². The maximum absolute atomic E-state index is 5.28. The third-order valence-corrected chi connectivity index (χ3v) is 2.50. The topological polar surface area (TPSA) is 31.4 Å². The predicted molar refractivity (Wildman–Crippen MR) is 45.5 cm³/mol. The molecule has 0 saturated carbocycles. The van der Waals surface area contributed by atoms with Crippen molar-refractivity contribution < 1.29 is 9.47 Å². The molecule has 0 N–H and O–H groups in total. The number of aryl methyl sites for hydroxylation is 1. The minimum atomic E-state index is -0.704. The lowest BCUT2D eigenvalue weighted by atomic mass is 10.2. The van der Waals surface area contributed by atoms with E-state index in [9.17, 15) is 0 Å².